The lowest BCUT2D eigenvalue weighted by Crippen LogP contribution is -2.40. The predicted molar refractivity (Wildman–Crippen MR) is 98.8 cm³/mol. The first-order chi connectivity index (χ1) is 13.0. The van der Waals surface area contributed by atoms with Gasteiger partial charge in [0.25, 0.3) is 5.91 Å². The second kappa shape index (κ2) is 8.81. The molecule has 1 atom stereocenters. The van der Waals surface area contributed by atoms with Crippen LogP contribution in [0.2, 0.25) is 0 Å². The van der Waals surface area contributed by atoms with Gasteiger partial charge in [-0.15, -0.1) is 0 Å². The number of aromatic nitrogens is 1. The zero-order valence-corrected chi connectivity index (χ0v) is 15.7. The van der Waals surface area contributed by atoms with Gasteiger partial charge in [-0.2, -0.15) is 0 Å². The minimum atomic E-state index is -0.272. The van der Waals surface area contributed by atoms with Gasteiger partial charge in [0.05, 0.1) is 24.5 Å². The quantitative estimate of drug-likeness (QED) is 0.778. The molecule has 2 aromatic heterocycles. The van der Waals surface area contributed by atoms with Crippen molar-refractivity contribution in [1.82, 2.24) is 14.8 Å². The van der Waals surface area contributed by atoms with E-state index in [1.165, 1.54) is 12.5 Å². The maximum absolute atomic E-state index is 12.7. The molecule has 3 heterocycles. The Morgan fingerprint density at radius 3 is 2.89 bits per heavy atom. The Balaban J connectivity index is 1.74. The fraction of sp³-hybridized carbons (Fsp3) is 0.450. The third-order valence-electron chi connectivity index (χ3n) is 4.38. The SMILES string of the molecule is CC(C)CN1CC(OCc2cccnc2)CN(C(=O)c2ccoc2)CC1=O. The van der Waals surface area contributed by atoms with Gasteiger partial charge in [-0.05, 0) is 23.6 Å². The average molecular weight is 371 g/mol. The molecule has 2 amide bonds. The zero-order chi connectivity index (χ0) is 19.2. The van der Waals surface area contributed by atoms with Crippen molar-refractivity contribution in [3.63, 3.8) is 0 Å². The van der Waals surface area contributed by atoms with Gasteiger partial charge in [-0.25, -0.2) is 0 Å². The van der Waals surface area contributed by atoms with Gasteiger partial charge >= 0.3 is 0 Å². The lowest BCUT2D eigenvalue weighted by Gasteiger charge is -2.26. The van der Waals surface area contributed by atoms with Crippen molar-refractivity contribution in [2.24, 2.45) is 5.92 Å². The molecule has 1 unspecified atom stereocenters. The third kappa shape index (κ3) is 5.17. The molecule has 3 rings (SSSR count). The van der Waals surface area contributed by atoms with Crippen molar-refractivity contribution in [2.75, 3.05) is 26.2 Å². The van der Waals surface area contributed by atoms with E-state index in [1.807, 2.05) is 12.1 Å². The molecule has 144 valence electrons. The van der Waals surface area contributed by atoms with Crippen LogP contribution in [0.25, 0.3) is 0 Å². The lowest BCUT2D eigenvalue weighted by molar-refractivity contribution is -0.132. The van der Waals surface area contributed by atoms with Gasteiger partial charge in [0, 0.05) is 32.0 Å². The number of rotatable bonds is 6. The van der Waals surface area contributed by atoms with Gasteiger partial charge in [0.2, 0.25) is 5.91 Å². The van der Waals surface area contributed by atoms with E-state index in [4.69, 9.17) is 9.15 Å². The minimum absolute atomic E-state index is 0.0451. The molecule has 0 bridgehead atoms. The minimum Gasteiger partial charge on any atom is -0.472 e. The van der Waals surface area contributed by atoms with Gasteiger partial charge in [-0.1, -0.05) is 19.9 Å². The van der Waals surface area contributed by atoms with Crippen LogP contribution in [0.5, 0.6) is 0 Å². The molecule has 0 aromatic carbocycles. The maximum atomic E-state index is 12.7. The van der Waals surface area contributed by atoms with Crippen LogP contribution in [-0.4, -0.2) is 58.9 Å². The fourth-order valence-corrected chi connectivity index (χ4v) is 3.12. The fourth-order valence-electron chi connectivity index (χ4n) is 3.12. The summed E-state index contributed by atoms with van der Waals surface area (Å²) in [6, 6.07) is 5.40. The second-order valence-corrected chi connectivity index (χ2v) is 7.18. The van der Waals surface area contributed by atoms with Crippen LogP contribution >= 0.6 is 0 Å². The number of pyridine rings is 1. The van der Waals surface area contributed by atoms with Crippen molar-refractivity contribution in [1.29, 1.82) is 0 Å². The van der Waals surface area contributed by atoms with Crippen LogP contribution in [0, 0.1) is 5.92 Å². The van der Waals surface area contributed by atoms with Gasteiger partial charge in [0.1, 0.15) is 12.8 Å². The highest BCUT2D eigenvalue weighted by Gasteiger charge is 2.31. The molecule has 1 aliphatic heterocycles. The van der Waals surface area contributed by atoms with E-state index in [0.717, 1.165) is 5.56 Å². The molecule has 0 aliphatic carbocycles. The highest BCUT2D eigenvalue weighted by molar-refractivity contribution is 5.96. The molecular formula is C20H25N3O4. The summed E-state index contributed by atoms with van der Waals surface area (Å²) in [5.74, 6) is 0.0514. The third-order valence-corrected chi connectivity index (χ3v) is 4.38. The number of amides is 2. The first kappa shape index (κ1) is 19.1. The number of hydrogen-bond acceptors (Lipinski definition) is 5. The number of hydrogen-bond donors (Lipinski definition) is 0. The summed E-state index contributed by atoms with van der Waals surface area (Å²) in [6.07, 6.45) is 6.04. The highest BCUT2D eigenvalue weighted by Crippen LogP contribution is 2.15. The topological polar surface area (TPSA) is 75.9 Å². The summed E-state index contributed by atoms with van der Waals surface area (Å²) < 4.78 is 11.1. The Kier molecular flexibility index (Phi) is 6.24. The molecule has 1 saturated heterocycles. The molecule has 0 N–H and O–H groups in total. The van der Waals surface area contributed by atoms with E-state index in [1.54, 1.807) is 28.3 Å². The first-order valence-corrected chi connectivity index (χ1v) is 9.12. The molecule has 0 spiro atoms. The Labute approximate surface area is 158 Å². The smallest absolute Gasteiger partial charge is 0.257 e. The van der Waals surface area contributed by atoms with Crippen molar-refractivity contribution >= 4 is 11.8 Å². The highest BCUT2D eigenvalue weighted by atomic mass is 16.5. The standard InChI is InChI=1S/C20H25N3O4/c1-15(2)9-22-10-18(27-13-16-4-3-6-21-8-16)11-23(12-19(22)24)20(25)17-5-7-26-14-17/h3-8,14-15,18H,9-13H2,1-2H3. The number of ether oxygens (including phenoxy) is 1. The Morgan fingerprint density at radius 1 is 1.37 bits per heavy atom. The van der Waals surface area contributed by atoms with E-state index in [2.05, 4.69) is 18.8 Å². The largest absolute Gasteiger partial charge is 0.472 e. The predicted octanol–water partition coefficient (Wildman–Crippen LogP) is 2.20. The Hall–Kier alpha value is -2.67. The Morgan fingerprint density at radius 2 is 2.22 bits per heavy atom. The van der Waals surface area contributed by atoms with Gasteiger partial charge < -0.3 is 19.0 Å². The first-order valence-electron chi connectivity index (χ1n) is 9.12. The van der Waals surface area contributed by atoms with Crippen LogP contribution < -0.4 is 0 Å². The average Bonchev–Trinajstić information content (AvgIpc) is 3.14. The summed E-state index contributed by atoms with van der Waals surface area (Å²) in [7, 11) is 0. The summed E-state index contributed by atoms with van der Waals surface area (Å²) in [5.41, 5.74) is 1.39. The molecule has 1 aliphatic rings. The molecule has 7 heteroatoms. The summed E-state index contributed by atoms with van der Waals surface area (Å²) in [4.78, 5) is 32.9. The summed E-state index contributed by atoms with van der Waals surface area (Å²) in [5, 5.41) is 0. The van der Waals surface area contributed by atoms with Crippen LogP contribution in [0.4, 0.5) is 0 Å². The van der Waals surface area contributed by atoms with Crippen LogP contribution in [0.3, 0.4) is 0 Å². The number of nitrogens with zero attached hydrogens (tertiary/aromatic N) is 3. The van der Waals surface area contributed by atoms with Gasteiger partial charge in [-0.3, -0.25) is 14.6 Å². The normalized spacial score (nSPS) is 18.0. The summed E-state index contributed by atoms with van der Waals surface area (Å²) >= 11 is 0. The number of carbonyl (C=O) groups is 2. The lowest BCUT2D eigenvalue weighted by atomic mass is 10.2. The zero-order valence-electron chi connectivity index (χ0n) is 15.7. The van der Waals surface area contributed by atoms with E-state index in [-0.39, 0.29) is 24.5 Å². The second-order valence-electron chi connectivity index (χ2n) is 7.18. The van der Waals surface area contributed by atoms with Crippen LogP contribution in [-0.2, 0) is 16.1 Å². The van der Waals surface area contributed by atoms with Crippen molar-refractivity contribution in [3.8, 4) is 0 Å². The molecule has 7 nitrogen and oxygen atoms in total. The molecule has 27 heavy (non-hydrogen) atoms. The van der Waals surface area contributed by atoms with Crippen molar-refractivity contribution in [3.05, 3.63) is 54.2 Å². The monoisotopic (exact) mass is 371 g/mol. The maximum Gasteiger partial charge on any atom is 0.257 e. The molecule has 1 fully saturated rings. The van der Waals surface area contributed by atoms with Crippen LogP contribution in [0.1, 0.15) is 29.8 Å². The van der Waals surface area contributed by atoms with E-state index in [9.17, 15) is 9.59 Å². The van der Waals surface area contributed by atoms with Crippen molar-refractivity contribution in [2.45, 2.75) is 26.6 Å². The number of furan rings is 1. The van der Waals surface area contributed by atoms with E-state index >= 15 is 0 Å². The Bertz CT molecular complexity index is 746. The molecule has 0 saturated carbocycles. The van der Waals surface area contributed by atoms with Gasteiger partial charge in [0.15, 0.2) is 0 Å². The summed E-state index contributed by atoms with van der Waals surface area (Å²) in [6.45, 7) is 6.02. The molecule has 0 radical (unpaired) electrons. The van der Waals surface area contributed by atoms with E-state index < -0.39 is 0 Å². The van der Waals surface area contributed by atoms with Crippen LogP contribution in [0.15, 0.2) is 47.5 Å². The molecule has 2 aromatic rings. The molecular weight excluding hydrogens is 346 g/mol. The number of carbonyl (C=O) groups excluding carboxylic acids is 2. The van der Waals surface area contributed by atoms with Crippen molar-refractivity contribution < 1.29 is 18.7 Å². The van der Waals surface area contributed by atoms with E-state index in [0.29, 0.717) is 37.7 Å².